The highest BCUT2D eigenvalue weighted by atomic mass is 35.5. The molecule has 0 spiro atoms. The Hall–Kier alpha value is -3.36. The normalized spacial score (nSPS) is 10.2. The molecule has 6 heteroatoms. The number of nitrogens with zero attached hydrogens (tertiary/aromatic N) is 1. The van der Waals surface area contributed by atoms with E-state index in [2.05, 4.69) is 0 Å². The van der Waals surface area contributed by atoms with Crippen molar-refractivity contribution in [3.63, 3.8) is 0 Å². The lowest BCUT2D eigenvalue weighted by atomic mass is 10.1. The molecule has 1 heterocycles. The topological polar surface area (TPSA) is 80.3 Å². The Balaban J connectivity index is 1.76. The van der Waals surface area contributed by atoms with E-state index in [4.69, 9.17) is 26.0 Å². The van der Waals surface area contributed by atoms with Crippen LogP contribution in [0.2, 0.25) is 5.02 Å². The van der Waals surface area contributed by atoms with E-state index in [1.165, 1.54) is 0 Å². The van der Waals surface area contributed by atoms with Gasteiger partial charge < -0.3 is 9.15 Å². The number of rotatable bonds is 5. The standard InChI is InChI=1S/C20H12ClNO4/c21-18-7-5-15(19-8-6-16(11-23)26-19)9-17(18)20(24)25-12-14-3-1-13(10-22)2-4-14/h1-9,11H,12H2. The molecule has 128 valence electrons. The molecule has 0 aliphatic carbocycles. The van der Waals surface area contributed by atoms with E-state index in [0.29, 0.717) is 23.2 Å². The van der Waals surface area contributed by atoms with Crippen molar-refractivity contribution in [2.24, 2.45) is 0 Å². The minimum atomic E-state index is -0.580. The van der Waals surface area contributed by atoms with Gasteiger partial charge >= 0.3 is 5.97 Å². The van der Waals surface area contributed by atoms with Crippen LogP contribution in [0.1, 0.15) is 32.0 Å². The van der Waals surface area contributed by atoms with Gasteiger partial charge in [-0.05, 0) is 48.0 Å². The lowest BCUT2D eigenvalue weighted by Crippen LogP contribution is -2.06. The number of carbonyl (C=O) groups excluding carboxylic acids is 2. The van der Waals surface area contributed by atoms with Crippen molar-refractivity contribution < 1.29 is 18.7 Å². The number of hydrogen-bond acceptors (Lipinski definition) is 5. The predicted octanol–water partition coefficient (Wildman–Crippen LogP) is 4.64. The van der Waals surface area contributed by atoms with Crippen LogP contribution in [0.5, 0.6) is 0 Å². The van der Waals surface area contributed by atoms with Crippen molar-refractivity contribution in [3.8, 4) is 17.4 Å². The maximum atomic E-state index is 12.4. The molecule has 0 aliphatic rings. The highest BCUT2D eigenvalue weighted by molar-refractivity contribution is 6.33. The van der Waals surface area contributed by atoms with Gasteiger partial charge in [0.05, 0.1) is 22.2 Å². The lowest BCUT2D eigenvalue weighted by Gasteiger charge is -2.08. The van der Waals surface area contributed by atoms with Crippen molar-refractivity contribution in [2.45, 2.75) is 6.61 Å². The van der Waals surface area contributed by atoms with Crippen molar-refractivity contribution >= 4 is 23.9 Å². The summed E-state index contributed by atoms with van der Waals surface area (Å²) in [6.07, 6.45) is 0.603. The van der Waals surface area contributed by atoms with Gasteiger partial charge in [0.15, 0.2) is 12.0 Å². The van der Waals surface area contributed by atoms with Crippen molar-refractivity contribution in [2.75, 3.05) is 0 Å². The van der Waals surface area contributed by atoms with Gasteiger partial charge in [0.25, 0.3) is 0 Å². The van der Waals surface area contributed by atoms with E-state index in [9.17, 15) is 9.59 Å². The zero-order valence-corrected chi connectivity index (χ0v) is 14.2. The SMILES string of the molecule is N#Cc1ccc(COC(=O)c2cc(-c3ccc(C=O)o3)ccc2Cl)cc1. The highest BCUT2D eigenvalue weighted by Gasteiger charge is 2.15. The minimum Gasteiger partial charge on any atom is -0.457 e. The van der Waals surface area contributed by atoms with E-state index in [-0.39, 0.29) is 23.0 Å². The summed E-state index contributed by atoms with van der Waals surface area (Å²) in [5.74, 6) is 0.0631. The first-order valence-corrected chi connectivity index (χ1v) is 7.99. The van der Waals surface area contributed by atoms with E-state index in [0.717, 1.165) is 5.56 Å². The molecule has 5 nitrogen and oxygen atoms in total. The molecule has 0 aliphatic heterocycles. The predicted molar refractivity (Wildman–Crippen MR) is 94.8 cm³/mol. The Bertz CT molecular complexity index is 999. The van der Waals surface area contributed by atoms with Crippen LogP contribution in [-0.4, -0.2) is 12.3 Å². The lowest BCUT2D eigenvalue weighted by molar-refractivity contribution is 0.0473. The quantitative estimate of drug-likeness (QED) is 0.486. The first kappa shape index (κ1) is 17.5. The molecule has 0 bridgehead atoms. The van der Waals surface area contributed by atoms with E-state index in [1.54, 1.807) is 54.6 Å². The Morgan fingerprint density at radius 1 is 1.15 bits per heavy atom. The number of furan rings is 1. The molecule has 1 aromatic heterocycles. The number of aldehydes is 1. The summed E-state index contributed by atoms with van der Waals surface area (Å²) in [4.78, 5) is 23.1. The smallest absolute Gasteiger partial charge is 0.340 e. The second-order valence-electron chi connectivity index (χ2n) is 5.40. The Morgan fingerprint density at radius 3 is 2.58 bits per heavy atom. The van der Waals surface area contributed by atoms with E-state index in [1.807, 2.05) is 6.07 Å². The van der Waals surface area contributed by atoms with Crippen LogP contribution in [-0.2, 0) is 11.3 Å². The number of benzene rings is 2. The monoisotopic (exact) mass is 365 g/mol. The van der Waals surface area contributed by atoms with Crippen LogP contribution in [0.25, 0.3) is 11.3 Å². The third-order valence-corrected chi connectivity index (χ3v) is 4.00. The molecule has 3 aromatic rings. The number of hydrogen-bond donors (Lipinski definition) is 0. The number of esters is 1. The molecule has 0 unspecified atom stereocenters. The molecule has 0 atom stereocenters. The van der Waals surface area contributed by atoms with Crippen LogP contribution in [0, 0.1) is 11.3 Å². The summed E-state index contributed by atoms with van der Waals surface area (Å²) < 4.78 is 10.6. The maximum Gasteiger partial charge on any atom is 0.340 e. The average Bonchev–Trinajstić information content (AvgIpc) is 3.16. The van der Waals surface area contributed by atoms with Crippen LogP contribution in [0.3, 0.4) is 0 Å². The summed E-state index contributed by atoms with van der Waals surface area (Å²) in [6, 6.07) is 16.7. The molecule has 0 saturated heterocycles. The van der Waals surface area contributed by atoms with Gasteiger partial charge in [0, 0.05) is 5.56 Å². The average molecular weight is 366 g/mol. The number of carbonyl (C=O) groups is 2. The number of halogens is 1. The van der Waals surface area contributed by atoms with Crippen molar-refractivity contribution in [1.29, 1.82) is 5.26 Å². The van der Waals surface area contributed by atoms with Crippen LogP contribution < -0.4 is 0 Å². The molecule has 3 rings (SSSR count). The van der Waals surface area contributed by atoms with Gasteiger partial charge in [-0.3, -0.25) is 4.79 Å². The zero-order valence-electron chi connectivity index (χ0n) is 13.4. The molecule has 0 N–H and O–H groups in total. The van der Waals surface area contributed by atoms with Crippen LogP contribution in [0.15, 0.2) is 59.0 Å². The first-order chi connectivity index (χ1) is 12.6. The fourth-order valence-electron chi connectivity index (χ4n) is 2.31. The molecule has 0 fully saturated rings. The summed E-state index contributed by atoms with van der Waals surface area (Å²) in [5, 5.41) is 9.04. The van der Waals surface area contributed by atoms with Crippen LogP contribution in [0.4, 0.5) is 0 Å². The van der Waals surface area contributed by atoms with Gasteiger partial charge in [0.1, 0.15) is 12.4 Å². The second kappa shape index (κ2) is 7.68. The number of nitriles is 1. The number of ether oxygens (including phenoxy) is 1. The Kier molecular flexibility index (Phi) is 5.16. The maximum absolute atomic E-state index is 12.4. The molecule has 0 saturated carbocycles. The van der Waals surface area contributed by atoms with Gasteiger partial charge in [-0.25, -0.2) is 4.79 Å². The van der Waals surface area contributed by atoms with Gasteiger partial charge in [0.2, 0.25) is 0 Å². The summed E-state index contributed by atoms with van der Waals surface area (Å²) in [6.45, 7) is 0.0567. The fraction of sp³-hybridized carbons (Fsp3) is 0.0500. The molecule has 26 heavy (non-hydrogen) atoms. The van der Waals surface area contributed by atoms with E-state index < -0.39 is 5.97 Å². The van der Waals surface area contributed by atoms with E-state index >= 15 is 0 Å². The van der Waals surface area contributed by atoms with Crippen molar-refractivity contribution in [3.05, 3.63) is 82.1 Å². The van der Waals surface area contributed by atoms with Gasteiger partial charge in [-0.2, -0.15) is 5.26 Å². The van der Waals surface area contributed by atoms with Crippen molar-refractivity contribution in [1.82, 2.24) is 0 Å². The molecular formula is C20H12ClNO4. The largest absolute Gasteiger partial charge is 0.457 e. The van der Waals surface area contributed by atoms with Crippen LogP contribution >= 0.6 is 11.6 Å². The third-order valence-electron chi connectivity index (χ3n) is 3.67. The van der Waals surface area contributed by atoms with Gasteiger partial charge in [-0.1, -0.05) is 23.7 Å². The Labute approximate surface area is 154 Å². The molecular weight excluding hydrogens is 354 g/mol. The first-order valence-electron chi connectivity index (χ1n) is 7.62. The summed E-state index contributed by atoms with van der Waals surface area (Å²) in [5.41, 5.74) is 2.09. The molecule has 2 aromatic carbocycles. The summed E-state index contributed by atoms with van der Waals surface area (Å²) >= 11 is 6.11. The van der Waals surface area contributed by atoms with Gasteiger partial charge in [-0.15, -0.1) is 0 Å². The molecule has 0 radical (unpaired) electrons. The minimum absolute atomic E-state index is 0.0567. The Morgan fingerprint density at radius 2 is 1.92 bits per heavy atom. The fourth-order valence-corrected chi connectivity index (χ4v) is 2.50. The zero-order chi connectivity index (χ0) is 18.5. The third kappa shape index (κ3) is 3.82. The second-order valence-corrected chi connectivity index (χ2v) is 5.81. The summed E-state index contributed by atoms with van der Waals surface area (Å²) in [7, 11) is 0. The molecule has 0 amide bonds. The highest BCUT2D eigenvalue weighted by Crippen LogP contribution is 2.27.